The Kier molecular flexibility index (Phi) is 4.99. The fraction of sp³-hybridized carbons (Fsp3) is 0.250. The second-order valence-corrected chi connectivity index (χ2v) is 5.19. The van der Waals surface area contributed by atoms with Gasteiger partial charge in [0.05, 0.1) is 7.11 Å². The first-order chi connectivity index (χ1) is 9.58. The molecule has 0 spiro atoms. The monoisotopic (exact) mass is 293 g/mol. The van der Waals surface area contributed by atoms with Gasteiger partial charge in [-0.1, -0.05) is 29.8 Å². The summed E-state index contributed by atoms with van der Waals surface area (Å²) >= 11 is 5.73. The molecule has 2 rings (SSSR count). The SMILES string of the molecule is COc1cccc(CC(N)Cc2ccc(Cl)cc2F)c1. The number of nitrogens with two attached hydrogens (primary N) is 1. The van der Waals surface area contributed by atoms with Crippen molar-refractivity contribution in [1.29, 1.82) is 0 Å². The number of hydrogen-bond acceptors (Lipinski definition) is 2. The van der Waals surface area contributed by atoms with E-state index in [1.54, 1.807) is 19.2 Å². The molecule has 2 aromatic carbocycles. The van der Waals surface area contributed by atoms with Crippen LogP contribution in [0.5, 0.6) is 5.75 Å². The summed E-state index contributed by atoms with van der Waals surface area (Å²) in [7, 11) is 1.63. The van der Waals surface area contributed by atoms with Crippen LogP contribution >= 0.6 is 11.6 Å². The van der Waals surface area contributed by atoms with Gasteiger partial charge in [-0.3, -0.25) is 0 Å². The van der Waals surface area contributed by atoms with Crippen molar-refractivity contribution < 1.29 is 9.13 Å². The van der Waals surface area contributed by atoms with Gasteiger partial charge in [-0.15, -0.1) is 0 Å². The predicted octanol–water partition coefficient (Wildman–Crippen LogP) is 3.60. The van der Waals surface area contributed by atoms with E-state index in [1.807, 2.05) is 24.3 Å². The molecule has 2 N–H and O–H groups in total. The smallest absolute Gasteiger partial charge is 0.127 e. The average molecular weight is 294 g/mol. The molecule has 0 bridgehead atoms. The van der Waals surface area contributed by atoms with Gasteiger partial charge in [-0.25, -0.2) is 4.39 Å². The van der Waals surface area contributed by atoms with Gasteiger partial charge in [0.25, 0.3) is 0 Å². The first-order valence-corrected chi connectivity index (χ1v) is 6.78. The highest BCUT2D eigenvalue weighted by Gasteiger charge is 2.10. The molecule has 0 aliphatic carbocycles. The van der Waals surface area contributed by atoms with Crippen LogP contribution in [0.2, 0.25) is 5.02 Å². The van der Waals surface area contributed by atoms with Crippen LogP contribution < -0.4 is 10.5 Å². The maximum absolute atomic E-state index is 13.7. The van der Waals surface area contributed by atoms with Crippen molar-refractivity contribution in [1.82, 2.24) is 0 Å². The van der Waals surface area contributed by atoms with E-state index in [1.165, 1.54) is 6.07 Å². The zero-order chi connectivity index (χ0) is 14.5. The normalized spacial score (nSPS) is 12.2. The Morgan fingerprint density at radius 1 is 1.20 bits per heavy atom. The molecule has 1 atom stereocenters. The van der Waals surface area contributed by atoms with Crippen LogP contribution in [0.25, 0.3) is 0 Å². The molecule has 0 aliphatic rings. The third kappa shape index (κ3) is 3.95. The van der Waals surface area contributed by atoms with Crippen molar-refractivity contribution >= 4 is 11.6 Å². The highest BCUT2D eigenvalue weighted by atomic mass is 35.5. The van der Waals surface area contributed by atoms with Gasteiger partial charge >= 0.3 is 0 Å². The molecule has 0 heterocycles. The van der Waals surface area contributed by atoms with Gasteiger partial charge in [0, 0.05) is 11.1 Å². The summed E-state index contributed by atoms with van der Waals surface area (Å²) in [6, 6.07) is 12.3. The molecule has 1 unspecified atom stereocenters. The predicted molar refractivity (Wildman–Crippen MR) is 79.8 cm³/mol. The van der Waals surface area contributed by atoms with Crippen molar-refractivity contribution in [3.05, 3.63) is 64.4 Å². The van der Waals surface area contributed by atoms with Crippen LogP contribution in [-0.2, 0) is 12.8 Å². The van der Waals surface area contributed by atoms with E-state index >= 15 is 0 Å². The highest BCUT2D eigenvalue weighted by Crippen LogP contribution is 2.18. The van der Waals surface area contributed by atoms with Crippen molar-refractivity contribution in [3.63, 3.8) is 0 Å². The van der Waals surface area contributed by atoms with Gasteiger partial charge < -0.3 is 10.5 Å². The third-order valence-electron chi connectivity index (χ3n) is 3.13. The molecule has 20 heavy (non-hydrogen) atoms. The van der Waals surface area contributed by atoms with E-state index in [-0.39, 0.29) is 11.9 Å². The summed E-state index contributed by atoms with van der Waals surface area (Å²) in [6.07, 6.45) is 1.14. The third-order valence-corrected chi connectivity index (χ3v) is 3.36. The molecule has 0 saturated heterocycles. The number of ether oxygens (including phenoxy) is 1. The number of benzene rings is 2. The summed E-state index contributed by atoms with van der Waals surface area (Å²) in [5, 5.41) is 0.396. The molecule has 0 aromatic heterocycles. The second kappa shape index (κ2) is 6.73. The Balaban J connectivity index is 2.02. The van der Waals surface area contributed by atoms with E-state index in [4.69, 9.17) is 22.1 Å². The Hall–Kier alpha value is -1.58. The van der Waals surface area contributed by atoms with E-state index in [2.05, 4.69) is 0 Å². The molecule has 0 saturated carbocycles. The van der Waals surface area contributed by atoms with Crippen LogP contribution in [-0.4, -0.2) is 13.2 Å². The minimum Gasteiger partial charge on any atom is -0.497 e. The number of methoxy groups -OCH3 is 1. The van der Waals surface area contributed by atoms with Crippen LogP contribution in [0.3, 0.4) is 0 Å². The summed E-state index contributed by atoms with van der Waals surface area (Å²) < 4.78 is 18.9. The summed E-state index contributed by atoms with van der Waals surface area (Å²) in [5.41, 5.74) is 7.76. The minimum absolute atomic E-state index is 0.155. The van der Waals surface area contributed by atoms with E-state index in [0.717, 1.165) is 11.3 Å². The lowest BCUT2D eigenvalue weighted by atomic mass is 9.99. The fourth-order valence-corrected chi connectivity index (χ4v) is 2.30. The summed E-state index contributed by atoms with van der Waals surface area (Å²) in [5.74, 6) is 0.492. The van der Waals surface area contributed by atoms with Crippen LogP contribution in [0.1, 0.15) is 11.1 Å². The molecule has 0 radical (unpaired) electrons. The van der Waals surface area contributed by atoms with Crippen molar-refractivity contribution in [2.24, 2.45) is 5.73 Å². The van der Waals surface area contributed by atoms with E-state index < -0.39 is 0 Å². The van der Waals surface area contributed by atoms with Crippen LogP contribution in [0.4, 0.5) is 4.39 Å². The average Bonchev–Trinajstić information content (AvgIpc) is 2.42. The van der Waals surface area contributed by atoms with E-state index in [0.29, 0.717) is 23.4 Å². The summed E-state index contributed by atoms with van der Waals surface area (Å²) in [6.45, 7) is 0. The minimum atomic E-state index is -0.307. The summed E-state index contributed by atoms with van der Waals surface area (Å²) in [4.78, 5) is 0. The van der Waals surface area contributed by atoms with Gasteiger partial charge in [-0.2, -0.15) is 0 Å². The largest absolute Gasteiger partial charge is 0.497 e. The number of halogens is 2. The quantitative estimate of drug-likeness (QED) is 0.914. The fourth-order valence-electron chi connectivity index (χ4n) is 2.14. The van der Waals surface area contributed by atoms with Crippen molar-refractivity contribution in [2.45, 2.75) is 18.9 Å². The van der Waals surface area contributed by atoms with Gasteiger partial charge in [0.2, 0.25) is 0 Å². The first-order valence-electron chi connectivity index (χ1n) is 6.41. The Morgan fingerprint density at radius 2 is 2.00 bits per heavy atom. The second-order valence-electron chi connectivity index (χ2n) is 4.76. The number of hydrogen-bond donors (Lipinski definition) is 1. The lowest BCUT2D eigenvalue weighted by Gasteiger charge is -2.13. The standard InChI is InChI=1S/C16H17ClFNO/c1-20-15-4-2-3-11(8-15)7-14(19)9-12-5-6-13(17)10-16(12)18/h2-6,8,10,14H,7,9,19H2,1H3. The maximum atomic E-state index is 13.7. The van der Waals surface area contributed by atoms with Crippen LogP contribution in [0.15, 0.2) is 42.5 Å². The Morgan fingerprint density at radius 3 is 2.70 bits per heavy atom. The molecular weight excluding hydrogens is 277 g/mol. The van der Waals surface area contributed by atoms with Gasteiger partial charge in [0.1, 0.15) is 11.6 Å². The Bertz CT molecular complexity index is 588. The van der Waals surface area contributed by atoms with Crippen molar-refractivity contribution in [3.8, 4) is 5.75 Å². The molecule has 2 aromatic rings. The highest BCUT2D eigenvalue weighted by molar-refractivity contribution is 6.30. The first kappa shape index (κ1) is 14.8. The molecule has 0 fully saturated rings. The lowest BCUT2D eigenvalue weighted by molar-refractivity contribution is 0.414. The van der Waals surface area contributed by atoms with Crippen LogP contribution in [0, 0.1) is 5.82 Å². The van der Waals surface area contributed by atoms with Crippen molar-refractivity contribution in [2.75, 3.05) is 7.11 Å². The topological polar surface area (TPSA) is 35.2 Å². The lowest BCUT2D eigenvalue weighted by Crippen LogP contribution is -2.26. The molecule has 4 heteroatoms. The van der Waals surface area contributed by atoms with Gasteiger partial charge in [0.15, 0.2) is 0 Å². The van der Waals surface area contributed by atoms with Gasteiger partial charge in [-0.05, 0) is 48.2 Å². The zero-order valence-corrected chi connectivity index (χ0v) is 12.0. The van der Waals surface area contributed by atoms with E-state index in [9.17, 15) is 4.39 Å². The molecule has 0 aliphatic heterocycles. The molecular formula is C16H17ClFNO. The zero-order valence-electron chi connectivity index (χ0n) is 11.3. The molecule has 0 amide bonds. The number of rotatable bonds is 5. The maximum Gasteiger partial charge on any atom is 0.127 e. The molecule has 106 valence electrons. The molecule has 2 nitrogen and oxygen atoms in total. The Labute approximate surface area is 123 Å².